The SMILES string of the molecule is C=Cc1ccc(-n2cc(C(=O)NCc3nc(C(C)(C)C(F)(F)F)n[nH]3)cn2)c(C)c1. The van der Waals surface area contributed by atoms with Gasteiger partial charge in [-0.3, -0.25) is 9.89 Å². The number of rotatable bonds is 6. The Morgan fingerprint density at radius 2 is 2.07 bits per heavy atom. The van der Waals surface area contributed by atoms with Gasteiger partial charge in [-0.05, 0) is 44.0 Å². The monoisotopic (exact) mass is 418 g/mol. The maximum absolute atomic E-state index is 13.1. The fourth-order valence-corrected chi connectivity index (χ4v) is 2.68. The van der Waals surface area contributed by atoms with Gasteiger partial charge in [0.1, 0.15) is 11.2 Å². The zero-order valence-electron chi connectivity index (χ0n) is 16.7. The van der Waals surface area contributed by atoms with Crippen LogP contribution in [0.1, 0.15) is 47.0 Å². The number of carbonyl (C=O) groups is 1. The van der Waals surface area contributed by atoms with Crippen molar-refractivity contribution in [2.75, 3.05) is 0 Å². The minimum absolute atomic E-state index is 0.0992. The quantitative estimate of drug-likeness (QED) is 0.639. The number of halogens is 3. The molecule has 30 heavy (non-hydrogen) atoms. The number of benzene rings is 1. The average molecular weight is 418 g/mol. The molecular formula is C20H21F3N6O. The van der Waals surface area contributed by atoms with Gasteiger partial charge in [-0.1, -0.05) is 18.7 Å². The van der Waals surface area contributed by atoms with Crippen LogP contribution in [0.5, 0.6) is 0 Å². The third-order valence-corrected chi connectivity index (χ3v) is 4.76. The molecule has 0 bridgehead atoms. The van der Waals surface area contributed by atoms with E-state index >= 15 is 0 Å². The molecule has 3 aromatic rings. The normalized spacial score (nSPS) is 12.1. The zero-order chi connectivity index (χ0) is 22.1. The predicted octanol–water partition coefficient (Wildman–Crippen LogP) is 3.71. The number of hydrogen-bond donors (Lipinski definition) is 2. The Labute approximate surface area is 171 Å². The molecule has 2 heterocycles. The first-order chi connectivity index (χ1) is 14.0. The van der Waals surface area contributed by atoms with Crippen molar-refractivity contribution in [1.29, 1.82) is 0 Å². The number of aryl methyl sites for hydroxylation is 1. The zero-order valence-corrected chi connectivity index (χ0v) is 16.7. The summed E-state index contributed by atoms with van der Waals surface area (Å²) in [6, 6.07) is 5.72. The van der Waals surface area contributed by atoms with Gasteiger partial charge in [0.2, 0.25) is 0 Å². The van der Waals surface area contributed by atoms with Crippen molar-refractivity contribution in [1.82, 2.24) is 30.3 Å². The maximum Gasteiger partial charge on any atom is 0.401 e. The summed E-state index contributed by atoms with van der Waals surface area (Å²) in [4.78, 5) is 16.3. The van der Waals surface area contributed by atoms with E-state index in [-0.39, 0.29) is 18.2 Å². The van der Waals surface area contributed by atoms with E-state index in [1.807, 2.05) is 25.1 Å². The summed E-state index contributed by atoms with van der Waals surface area (Å²) in [5.74, 6) is -0.695. The van der Waals surface area contributed by atoms with Gasteiger partial charge in [-0.15, -0.1) is 0 Å². The maximum atomic E-state index is 13.1. The number of alkyl halides is 3. The molecule has 0 radical (unpaired) electrons. The van der Waals surface area contributed by atoms with Gasteiger partial charge in [-0.25, -0.2) is 9.67 Å². The van der Waals surface area contributed by atoms with Gasteiger partial charge in [-0.2, -0.15) is 23.4 Å². The summed E-state index contributed by atoms with van der Waals surface area (Å²) < 4.78 is 40.9. The van der Waals surface area contributed by atoms with Crippen LogP contribution in [0.15, 0.2) is 37.2 Å². The molecule has 7 nitrogen and oxygen atoms in total. The van der Waals surface area contributed by atoms with Gasteiger partial charge in [0.05, 0.1) is 24.0 Å². The molecule has 10 heteroatoms. The highest BCUT2D eigenvalue weighted by Crippen LogP contribution is 2.38. The first-order valence-electron chi connectivity index (χ1n) is 9.07. The first-order valence-corrected chi connectivity index (χ1v) is 9.07. The van der Waals surface area contributed by atoms with Crippen molar-refractivity contribution < 1.29 is 18.0 Å². The number of carbonyl (C=O) groups excluding carboxylic acids is 1. The van der Waals surface area contributed by atoms with Crippen LogP contribution < -0.4 is 5.32 Å². The van der Waals surface area contributed by atoms with Gasteiger partial charge in [0.25, 0.3) is 5.91 Å². The van der Waals surface area contributed by atoms with Crippen molar-refractivity contribution in [2.24, 2.45) is 0 Å². The summed E-state index contributed by atoms with van der Waals surface area (Å²) in [7, 11) is 0. The number of aromatic nitrogens is 5. The Balaban J connectivity index is 1.68. The summed E-state index contributed by atoms with van der Waals surface area (Å²) >= 11 is 0. The van der Waals surface area contributed by atoms with Crippen LogP contribution in [-0.4, -0.2) is 37.0 Å². The van der Waals surface area contributed by atoms with Crippen LogP contribution in [0, 0.1) is 6.92 Å². The van der Waals surface area contributed by atoms with E-state index in [0.717, 1.165) is 30.7 Å². The Morgan fingerprint density at radius 1 is 1.33 bits per heavy atom. The van der Waals surface area contributed by atoms with Crippen molar-refractivity contribution in [3.8, 4) is 5.69 Å². The number of amides is 1. The standard InChI is InChI=1S/C20H21F3N6O/c1-5-13-6-7-15(12(2)8-13)29-11-14(9-25-29)17(30)24-10-16-26-18(28-27-16)19(3,4)20(21,22)23/h5-9,11H,1,10H2,2-4H3,(H,24,30)(H,26,27,28). The molecule has 0 spiro atoms. The van der Waals surface area contributed by atoms with Crippen molar-refractivity contribution >= 4 is 12.0 Å². The highest BCUT2D eigenvalue weighted by molar-refractivity contribution is 5.93. The largest absolute Gasteiger partial charge is 0.401 e. The Kier molecular flexibility index (Phi) is 5.51. The number of aromatic amines is 1. The van der Waals surface area contributed by atoms with E-state index in [2.05, 4.69) is 32.2 Å². The fourth-order valence-electron chi connectivity index (χ4n) is 2.68. The minimum atomic E-state index is -4.49. The molecule has 0 fully saturated rings. The molecule has 158 valence electrons. The molecule has 1 aromatic carbocycles. The van der Waals surface area contributed by atoms with Crippen molar-refractivity contribution in [3.63, 3.8) is 0 Å². The average Bonchev–Trinajstić information content (AvgIpc) is 3.35. The van der Waals surface area contributed by atoms with E-state index in [4.69, 9.17) is 0 Å². The van der Waals surface area contributed by atoms with Gasteiger partial charge < -0.3 is 5.32 Å². The molecule has 0 aliphatic heterocycles. The molecule has 0 aliphatic carbocycles. The van der Waals surface area contributed by atoms with E-state index < -0.39 is 17.5 Å². The molecule has 0 unspecified atom stereocenters. The van der Waals surface area contributed by atoms with Crippen LogP contribution in [0.25, 0.3) is 11.8 Å². The summed E-state index contributed by atoms with van der Waals surface area (Å²) in [5, 5.41) is 12.9. The second-order valence-corrected chi connectivity index (χ2v) is 7.33. The predicted molar refractivity (Wildman–Crippen MR) is 105 cm³/mol. The molecule has 0 atom stereocenters. The minimum Gasteiger partial charge on any atom is -0.345 e. The van der Waals surface area contributed by atoms with E-state index in [1.165, 1.54) is 6.20 Å². The van der Waals surface area contributed by atoms with Gasteiger partial charge >= 0.3 is 6.18 Å². The number of nitrogens with one attached hydrogen (secondary N) is 2. The van der Waals surface area contributed by atoms with Crippen molar-refractivity contribution in [3.05, 3.63) is 65.5 Å². The van der Waals surface area contributed by atoms with Crippen LogP contribution in [0.3, 0.4) is 0 Å². The Morgan fingerprint density at radius 3 is 2.70 bits per heavy atom. The summed E-state index contributed by atoms with van der Waals surface area (Å²) in [5.41, 5.74) is 0.850. The third-order valence-electron chi connectivity index (χ3n) is 4.76. The Hall–Kier alpha value is -3.43. The van der Waals surface area contributed by atoms with E-state index in [0.29, 0.717) is 5.56 Å². The van der Waals surface area contributed by atoms with Crippen molar-refractivity contribution in [2.45, 2.75) is 38.9 Å². The van der Waals surface area contributed by atoms with Crippen LogP contribution in [0.2, 0.25) is 0 Å². The molecule has 0 aliphatic rings. The summed E-state index contributed by atoms with van der Waals surface area (Å²) in [6.45, 7) is 7.55. The number of hydrogen-bond acceptors (Lipinski definition) is 4. The van der Waals surface area contributed by atoms with E-state index in [1.54, 1.807) is 17.0 Å². The van der Waals surface area contributed by atoms with Crippen LogP contribution in [0.4, 0.5) is 13.2 Å². The molecule has 0 saturated carbocycles. The second kappa shape index (κ2) is 7.77. The molecule has 2 aromatic heterocycles. The molecule has 0 saturated heterocycles. The van der Waals surface area contributed by atoms with Gasteiger partial charge in [0, 0.05) is 6.20 Å². The highest BCUT2D eigenvalue weighted by atomic mass is 19.4. The third kappa shape index (κ3) is 4.12. The lowest BCUT2D eigenvalue weighted by molar-refractivity contribution is -0.182. The number of nitrogens with zero attached hydrogens (tertiary/aromatic N) is 4. The molecule has 1 amide bonds. The smallest absolute Gasteiger partial charge is 0.345 e. The summed E-state index contributed by atoms with van der Waals surface area (Å²) in [6.07, 6.45) is 0.231. The van der Waals surface area contributed by atoms with E-state index in [9.17, 15) is 18.0 Å². The lowest BCUT2D eigenvalue weighted by Gasteiger charge is -2.24. The highest BCUT2D eigenvalue weighted by Gasteiger charge is 2.51. The lowest BCUT2D eigenvalue weighted by Crippen LogP contribution is -2.37. The molecule has 2 N–H and O–H groups in total. The van der Waals surface area contributed by atoms with Crippen LogP contribution >= 0.6 is 0 Å². The van der Waals surface area contributed by atoms with Crippen LogP contribution in [-0.2, 0) is 12.0 Å². The molecular weight excluding hydrogens is 397 g/mol. The lowest BCUT2D eigenvalue weighted by atomic mass is 9.92. The Bertz CT molecular complexity index is 1080. The fraction of sp³-hybridized carbons (Fsp3) is 0.300. The number of H-pyrrole nitrogens is 1. The first kappa shape index (κ1) is 21.3. The second-order valence-electron chi connectivity index (χ2n) is 7.33. The topological polar surface area (TPSA) is 88.5 Å². The van der Waals surface area contributed by atoms with Gasteiger partial charge in [0.15, 0.2) is 5.82 Å². The molecule has 3 rings (SSSR count).